The van der Waals surface area contributed by atoms with Crippen LogP contribution in [0.1, 0.15) is 5.56 Å². The van der Waals surface area contributed by atoms with Crippen molar-refractivity contribution in [3.63, 3.8) is 0 Å². The Kier molecular flexibility index (Phi) is 2.08. The highest BCUT2D eigenvalue weighted by atomic mass is 19.2. The molecule has 3 heteroatoms. The molecule has 0 aromatic heterocycles. The molecule has 11 heavy (non-hydrogen) atoms. The van der Waals surface area contributed by atoms with Crippen LogP contribution in [-0.2, 0) is 0 Å². The monoisotopic (exact) mass is 157 g/mol. The van der Waals surface area contributed by atoms with E-state index in [1.54, 1.807) is 0 Å². The second-order valence-corrected chi connectivity index (χ2v) is 2.08. The molecule has 0 amide bonds. The van der Waals surface area contributed by atoms with Gasteiger partial charge in [0.15, 0.2) is 11.6 Å². The van der Waals surface area contributed by atoms with Crippen molar-refractivity contribution in [2.45, 2.75) is 0 Å². The number of ether oxygens (including phenoxy) is 1. The molecule has 0 saturated heterocycles. The van der Waals surface area contributed by atoms with Crippen molar-refractivity contribution in [2.75, 3.05) is 7.11 Å². The number of hydrogen-bond acceptors (Lipinski definition) is 1. The molecular weight excluding hydrogens is 150 g/mol. The minimum Gasteiger partial charge on any atom is -0.496 e. The molecule has 0 bridgehead atoms. The molecule has 0 atom stereocenters. The molecule has 1 nitrogen and oxygen atoms in total. The van der Waals surface area contributed by atoms with Crippen LogP contribution >= 0.6 is 0 Å². The highest BCUT2D eigenvalue weighted by Crippen LogP contribution is 2.20. The first kappa shape index (κ1) is 7.98. The molecule has 1 aromatic rings. The maximum atomic E-state index is 12.5. The Bertz CT molecular complexity index is 271. The standard InChI is InChI=1S/C8H7F2O/c1-5-3-6(9)7(10)4-8(5)11-2/h3-4H,1H2,2H3. The van der Waals surface area contributed by atoms with E-state index in [0.29, 0.717) is 5.56 Å². The van der Waals surface area contributed by atoms with Gasteiger partial charge in [-0.05, 0) is 18.6 Å². The summed E-state index contributed by atoms with van der Waals surface area (Å²) in [6, 6.07) is 1.96. The third kappa shape index (κ3) is 1.48. The van der Waals surface area contributed by atoms with E-state index < -0.39 is 11.6 Å². The van der Waals surface area contributed by atoms with Crippen molar-refractivity contribution in [1.82, 2.24) is 0 Å². The lowest BCUT2D eigenvalue weighted by molar-refractivity contribution is 0.404. The van der Waals surface area contributed by atoms with Gasteiger partial charge in [-0.1, -0.05) is 0 Å². The topological polar surface area (TPSA) is 9.23 Å². The molecule has 0 saturated carbocycles. The highest BCUT2D eigenvalue weighted by Gasteiger charge is 2.05. The zero-order valence-corrected chi connectivity index (χ0v) is 6.03. The van der Waals surface area contributed by atoms with E-state index in [9.17, 15) is 8.78 Å². The van der Waals surface area contributed by atoms with Crippen molar-refractivity contribution >= 4 is 0 Å². The Balaban J connectivity index is 3.21. The number of benzene rings is 1. The number of hydrogen-bond donors (Lipinski definition) is 0. The van der Waals surface area contributed by atoms with Crippen LogP contribution in [-0.4, -0.2) is 7.11 Å². The van der Waals surface area contributed by atoms with Gasteiger partial charge in [0.1, 0.15) is 5.75 Å². The van der Waals surface area contributed by atoms with E-state index in [1.807, 2.05) is 0 Å². The molecule has 0 aliphatic carbocycles. The molecule has 1 radical (unpaired) electrons. The lowest BCUT2D eigenvalue weighted by atomic mass is 10.2. The Morgan fingerprint density at radius 3 is 2.36 bits per heavy atom. The summed E-state index contributed by atoms with van der Waals surface area (Å²) in [5, 5.41) is 0. The van der Waals surface area contributed by atoms with Crippen LogP contribution in [0, 0.1) is 18.6 Å². The van der Waals surface area contributed by atoms with Crippen molar-refractivity contribution in [1.29, 1.82) is 0 Å². The first-order valence-corrected chi connectivity index (χ1v) is 3.00. The maximum Gasteiger partial charge on any atom is 0.162 e. The van der Waals surface area contributed by atoms with Crippen LogP contribution in [0.15, 0.2) is 12.1 Å². The largest absolute Gasteiger partial charge is 0.496 e. The second-order valence-electron chi connectivity index (χ2n) is 2.08. The first-order chi connectivity index (χ1) is 5.15. The molecule has 1 rings (SSSR count). The number of rotatable bonds is 1. The van der Waals surface area contributed by atoms with Gasteiger partial charge in [-0.3, -0.25) is 0 Å². The smallest absolute Gasteiger partial charge is 0.162 e. The fourth-order valence-electron chi connectivity index (χ4n) is 0.760. The van der Waals surface area contributed by atoms with E-state index in [4.69, 9.17) is 4.74 Å². The molecule has 0 unspecified atom stereocenters. The van der Waals surface area contributed by atoms with Gasteiger partial charge in [-0.25, -0.2) is 8.78 Å². The summed E-state index contributed by atoms with van der Waals surface area (Å²) in [5.74, 6) is -1.58. The molecular formula is C8H7F2O. The summed E-state index contributed by atoms with van der Waals surface area (Å²) >= 11 is 0. The van der Waals surface area contributed by atoms with Gasteiger partial charge >= 0.3 is 0 Å². The van der Waals surface area contributed by atoms with Gasteiger partial charge in [0.25, 0.3) is 0 Å². The van der Waals surface area contributed by atoms with E-state index in [-0.39, 0.29) is 5.75 Å². The molecule has 0 aliphatic heterocycles. The average molecular weight is 157 g/mol. The molecule has 0 heterocycles. The van der Waals surface area contributed by atoms with Crippen LogP contribution in [0.3, 0.4) is 0 Å². The first-order valence-electron chi connectivity index (χ1n) is 3.00. The SMILES string of the molecule is [CH2]c1cc(F)c(F)cc1OC. The average Bonchev–Trinajstić information content (AvgIpc) is 1.97. The predicted molar refractivity (Wildman–Crippen MR) is 37.4 cm³/mol. The third-order valence-electron chi connectivity index (χ3n) is 1.32. The molecule has 59 valence electrons. The lowest BCUT2D eigenvalue weighted by Crippen LogP contribution is -1.91. The molecule has 0 N–H and O–H groups in total. The molecule has 0 fully saturated rings. The molecule has 1 aromatic carbocycles. The van der Waals surface area contributed by atoms with Crippen LogP contribution < -0.4 is 4.74 Å². The van der Waals surface area contributed by atoms with E-state index >= 15 is 0 Å². The fraction of sp³-hybridized carbons (Fsp3) is 0.125. The van der Waals surface area contributed by atoms with Crippen LogP contribution in [0.5, 0.6) is 5.75 Å². The summed E-state index contributed by atoms with van der Waals surface area (Å²) in [6.45, 7) is 3.46. The zero-order valence-electron chi connectivity index (χ0n) is 6.03. The fourth-order valence-corrected chi connectivity index (χ4v) is 0.760. The van der Waals surface area contributed by atoms with Crippen molar-refractivity contribution in [3.8, 4) is 5.75 Å². The summed E-state index contributed by atoms with van der Waals surface area (Å²) in [6.07, 6.45) is 0. The van der Waals surface area contributed by atoms with Gasteiger partial charge < -0.3 is 4.74 Å². The van der Waals surface area contributed by atoms with E-state index in [0.717, 1.165) is 12.1 Å². The zero-order chi connectivity index (χ0) is 8.43. The number of methoxy groups -OCH3 is 1. The third-order valence-corrected chi connectivity index (χ3v) is 1.32. The summed E-state index contributed by atoms with van der Waals surface area (Å²) < 4.78 is 29.6. The van der Waals surface area contributed by atoms with Crippen molar-refractivity contribution < 1.29 is 13.5 Å². The Morgan fingerprint density at radius 1 is 1.27 bits per heavy atom. The van der Waals surface area contributed by atoms with Crippen LogP contribution in [0.25, 0.3) is 0 Å². The Morgan fingerprint density at radius 2 is 1.82 bits per heavy atom. The van der Waals surface area contributed by atoms with Crippen molar-refractivity contribution in [3.05, 3.63) is 36.3 Å². The number of halogens is 2. The van der Waals surface area contributed by atoms with Gasteiger partial charge in [-0.15, -0.1) is 0 Å². The quantitative estimate of drug-likeness (QED) is 0.607. The summed E-state index contributed by atoms with van der Waals surface area (Å²) in [5.41, 5.74) is 0.339. The summed E-state index contributed by atoms with van der Waals surface area (Å²) in [4.78, 5) is 0. The molecule has 0 aliphatic rings. The normalized spacial score (nSPS) is 9.82. The lowest BCUT2D eigenvalue weighted by Gasteiger charge is -2.03. The second kappa shape index (κ2) is 2.86. The van der Waals surface area contributed by atoms with Crippen LogP contribution in [0.4, 0.5) is 8.78 Å². The van der Waals surface area contributed by atoms with E-state index in [2.05, 4.69) is 6.92 Å². The molecule has 0 spiro atoms. The van der Waals surface area contributed by atoms with Gasteiger partial charge in [0, 0.05) is 6.07 Å². The van der Waals surface area contributed by atoms with Gasteiger partial charge in [0.2, 0.25) is 0 Å². The van der Waals surface area contributed by atoms with Gasteiger partial charge in [0.05, 0.1) is 7.11 Å². The minimum atomic E-state index is -0.922. The van der Waals surface area contributed by atoms with E-state index in [1.165, 1.54) is 7.11 Å². The highest BCUT2D eigenvalue weighted by molar-refractivity contribution is 5.36. The minimum absolute atomic E-state index is 0.254. The van der Waals surface area contributed by atoms with Crippen LogP contribution in [0.2, 0.25) is 0 Å². The van der Waals surface area contributed by atoms with Gasteiger partial charge in [-0.2, -0.15) is 0 Å². The maximum absolute atomic E-state index is 12.5. The van der Waals surface area contributed by atoms with Crippen molar-refractivity contribution in [2.24, 2.45) is 0 Å². The predicted octanol–water partition coefficient (Wildman–Crippen LogP) is 2.16. The summed E-state index contributed by atoms with van der Waals surface area (Å²) in [7, 11) is 1.38. The Labute approximate surface area is 63.6 Å². The Hall–Kier alpha value is -1.12.